The Balaban J connectivity index is 1.71. The van der Waals surface area contributed by atoms with Crippen molar-refractivity contribution in [3.63, 3.8) is 0 Å². The Morgan fingerprint density at radius 3 is 2.71 bits per heavy atom. The van der Waals surface area contributed by atoms with Gasteiger partial charge in [-0.3, -0.25) is 4.79 Å². The SMILES string of the molecule is O=C(Nc1ccccn1)c1cc2occc2n1Cc1ccccc1. The Hall–Kier alpha value is -3.34. The van der Waals surface area contributed by atoms with E-state index in [0.29, 0.717) is 23.6 Å². The van der Waals surface area contributed by atoms with Crippen molar-refractivity contribution in [3.8, 4) is 0 Å². The lowest BCUT2D eigenvalue weighted by molar-refractivity contribution is 0.101. The first-order valence-electron chi connectivity index (χ1n) is 7.64. The molecular formula is C19H15N3O2. The van der Waals surface area contributed by atoms with Crippen LogP contribution in [0.4, 0.5) is 5.82 Å². The van der Waals surface area contributed by atoms with Gasteiger partial charge >= 0.3 is 0 Å². The average molecular weight is 317 g/mol. The van der Waals surface area contributed by atoms with Gasteiger partial charge in [-0.15, -0.1) is 0 Å². The van der Waals surface area contributed by atoms with Crippen LogP contribution in [0.25, 0.3) is 11.1 Å². The number of aromatic nitrogens is 2. The number of amides is 1. The maximum Gasteiger partial charge on any atom is 0.273 e. The fourth-order valence-corrected chi connectivity index (χ4v) is 2.72. The highest BCUT2D eigenvalue weighted by Gasteiger charge is 2.18. The number of rotatable bonds is 4. The smallest absolute Gasteiger partial charge is 0.273 e. The zero-order valence-corrected chi connectivity index (χ0v) is 12.8. The van der Waals surface area contributed by atoms with E-state index < -0.39 is 0 Å². The van der Waals surface area contributed by atoms with Gasteiger partial charge in [0.05, 0.1) is 11.8 Å². The number of fused-ring (bicyclic) bond motifs is 1. The van der Waals surface area contributed by atoms with E-state index in [-0.39, 0.29) is 5.91 Å². The molecule has 0 saturated carbocycles. The van der Waals surface area contributed by atoms with Crippen molar-refractivity contribution in [3.05, 3.63) is 84.4 Å². The zero-order valence-electron chi connectivity index (χ0n) is 12.8. The molecule has 5 heteroatoms. The van der Waals surface area contributed by atoms with Crippen molar-refractivity contribution in [2.75, 3.05) is 5.32 Å². The van der Waals surface area contributed by atoms with Crippen LogP contribution in [0.1, 0.15) is 16.1 Å². The average Bonchev–Trinajstić information content (AvgIpc) is 3.19. The zero-order chi connectivity index (χ0) is 16.4. The third-order valence-corrected chi connectivity index (χ3v) is 3.85. The summed E-state index contributed by atoms with van der Waals surface area (Å²) >= 11 is 0. The van der Waals surface area contributed by atoms with E-state index in [0.717, 1.165) is 11.1 Å². The van der Waals surface area contributed by atoms with Crippen LogP contribution in [0.3, 0.4) is 0 Å². The number of nitrogens with zero attached hydrogens (tertiary/aromatic N) is 2. The van der Waals surface area contributed by atoms with Gasteiger partial charge in [-0.05, 0) is 17.7 Å². The quantitative estimate of drug-likeness (QED) is 0.620. The highest BCUT2D eigenvalue weighted by molar-refractivity contribution is 6.05. The molecule has 1 N–H and O–H groups in total. The van der Waals surface area contributed by atoms with Gasteiger partial charge in [0.1, 0.15) is 11.5 Å². The number of carbonyl (C=O) groups excluding carboxylic acids is 1. The number of anilines is 1. The van der Waals surface area contributed by atoms with E-state index in [9.17, 15) is 4.79 Å². The lowest BCUT2D eigenvalue weighted by atomic mass is 10.2. The second kappa shape index (κ2) is 6.04. The van der Waals surface area contributed by atoms with Crippen molar-refractivity contribution in [2.45, 2.75) is 6.54 Å². The van der Waals surface area contributed by atoms with Gasteiger partial charge in [0.15, 0.2) is 5.58 Å². The van der Waals surface area contributed by atoms with E-state index in [2.05, 4.69) is 10.3 Å². The van der Waals surface area contributed by atoms with Crippen molar-refractivity contribution >= 4 is 22.8 Å². The summed E-state index contributed by atoms with van der Waals surface area (Å²) in [7, 11) is 0. The predicted octanol–water partition coefficient (Wildman–Crippen LogP) is 3.93. The maximum atomic E-state index is 12.7. The van der Waals surface area contributed by atoms with Crippen LogP contribution in [-0.4, -0.2) is 15.5 Å². The molecule has 0 aliphatic carbocycles. The second-order valence-electron chi connectivity index (χ2n) is 5.44. The fraction of sp³-hybridized carbons (Fsp3) is 0.0526. The van der Waals surface area contributed by atoms with Crippen LogP contribution in [-0.2, 0) is 6.54 Å². The normalized spacial score (nSPS) is 10.8. The Morgan fingerprint density at radius 2 is 1.92 bits per heavy atom. The monoisotopic (exact) mass is 317 g/mol. The van der Waals surface area contributed by atoms with Crippen LogP contribution >= 0.6 is 0 Å². The van der Waals surface area contributed by atoms with Crippen molar-refractivity contribution < 1.29 is 9.21 Å². The summed E-state index contributed by atoms with van der Waals surface area (Å²) in [5, 5.41) is 2.82. The third-order valence-electron chi connectivity index (χ3n) is 3.85. The van der Waals surface area contributed by atoms with Gasteiger partial charge in [0.2, 0.25) is 0 Å². The number of hydrogen-bond donors (Lipinski definition) is 1. The summed E-state index contributed by atoms with van der Waals surface area (Å²) in [5.41, 5.74) is 3.24. The van der Waals surface area contributed by atoms with Crippen molar-refractivity contribution in [1.82, 2.24) is 9.55 Å². The molecule has 0 radical (unpaired) electrons. The molecule has 0 saturated heterocycles. The highest BCUT2D eigenvalue weighted by atomic mass is 16.3. The molecule has 0 fully saturated rings. The van der Waals surface area contributed by atoms with Crippen LogP contribution in [0.15, 0.2) is 77.5 Å². The molecule has 1 amide bonds. The molecule has 3 heterocycles. The second-order valence-corrected chi connectivity index (χ2v) is 5.44. The molecule has 4 aromatic rings. The summed E-state index contributed by atoms with van der Waals surface area (Å²) in [6.07, 6.45) is 3.27. The summed E-state index contributed by atoms with van der Waals surface area (Å²) < 4.78 is 7.41. The minimum Gasteiger partial charge on any atom is -0.463 e. The minimum absolute atomic E-state index is 0.212. The van der Waals surface area contributed by atoms with E-state index in [1.54, 1.807) is 30.7 Å². The van der Waals surface area contributed by atoms with E-state index in [4.69, 9.17) is 4.42 Å². The van der Waals surface area contributed by atoms with Gasteiger partial charge < -0.3 is 14.3 Å². The van der Waals surface area contributed by atoms with Crippen LogP contribution in [0.2, 0.25) is 0 Å². The van der Waals surface area contributed by atoms with Crippen molar-refractivity contribution in [1.29, 1.82) is 0 Å². The summed E-state index contributed by atoms with van der Waals surface area (Å²) in [6, 6.07) is 19.0. The first-order valence-corrected chi connectivity index (χ1v) is 7.64. The standard InChI is InChI=1S/C19H15N3O2/c23-19(21-18-8-4-5-10-20-18)16-12-17-15(9-11-24-17)22(16)13-14-6-2-1-3-7-14/h1-12H,13H2,(H,20,21,23). The first-order chi connectivity index (χ1) is 11.8. The topological polar surface area (TPSA) is 60.1 Å². The van der Waals surface area contributed by atoms with E-state index in [1.807, 2.05) is 47.0 Å². The van der Waals surface area contributed by atoms with Crippen LogP contribution in [0.5, 0.6) is 0 Å². The number of benzene rings is 1. The van der Waals surface area contributed by atoms with Gasteiger partial charge in [0.25, 0.3) is 5.91 Å². The molecule has 0 aliphatic rings. The molecule has 0 atom stereocenters. The van der Waals surface area contributed by atoms with E-state index >= 15 is 0 Å². The molecule has 118 valence electrons. The summed E-state index contributed by atoms with van der Waals surface area (Å²) in [4.78, 5) is 16.8. The molecule has 0 spiro atoms. The molecule has 0 unspecified atom stereocenters. The molecule has 3 aromatic heterocycles. The van der Waals surface area contributed by atoms with E-state index in [1.165, 1.54) is 0 Å². The Bertz CT molecular complexity index is 972. The molecular weight excluding hydrogens is 302 g/mol. The molecule has 4 rings (SSSR count). The van der Waals surface area contributed by atoms with Gasteiger partial charge in [-0.25, -0.2) is 4.98 Å². The van der Waals surface area contributed by atoms with Gasteiger partial charge in [0, 0.05) is 24.9 Å². The number of pyridine rings is 1. The summed E-state index contributed by atoms with van der Waals surface area (Å²) in [5.74, 6) is 0.308. The number of furan rings is 1. The Morgan fingerprint density at radius 1 is 1.08 bits per heavy atom. The molecule has 1 aromatic carbocycles. The van der Waals surface area contributed by atoms with Gasteiger partial charge in [-0.2, -0.15) is 0 Å². The predicted molar refractivity (Wildman–Crippen MR) is 91.9 cm³/mol. The lowest BCUT2D eigenvalue weighted by Gasteiger charge is -2.10. The largest absolute Gasteiger partial charge is 0.463 e. The van der Waals surface area contributed by atoms with Crippen LogP contribution < -0.4 is 5.32 Å². The third kappa shape index (κ3) is 2.67. The van der Waals surface area contributed by atoms with Gasteiger partial charge in [-0.1, -0.05) is 36.4 Å². The Labute approximate surface area is 138 Å². The minimum atomic E-state index is -0.212. The number of hydrogen-bond acceptors (Lipinski definition) is 3. The molecule has 5 nitrogen and oxygen atoms in total. The molecule has 24 heavy (non-hydrogen) atoms. The summed E-state index contributed by atoms with van der Waals surface area (Å²) in [6.45, 7) is 0.592. The first kappa shape index (κ1) is 14.3. The Kier molecular flexibility index (Phi) is 3.59. The lowest BCUT2D eigenvalue weighted by Crippen LogP contribution is -2.18. The highest BCUT2D eigenvalue weighted by Crippen LogP contribution is 2.23. The van der Waals surface area contributed by atoms with Crippen molar-refractivity contribution in [2.24, 2.45) is 0 Å². The number of carbonyl (C=O) groups is 1. The molecule has 0 aliphatic heterocycles. The molecule has 0 bridgehead atoms. The fourth-order valence-electron chi connectivity index (χ4n) is 2.72. The van der Waals surface area contributed by atoms with Crippen LogP contribution in [0, 0.1) is 0 Å². The number of nitrogens with one attached hydrogen (secondary N) is 1. The maximum absolute atomic E-state index is 12.7.